The molecule has 2 aromatic carbocycles. The van der Waals surface area contributed by atoms with Crippen molar-refractivity contribution in [3.05, 3.63) is 124 Å². The quantitative estimate of drug-likeness (QED) is 0.221. The van der Waals surface area contributed by atoms with Crippen molar-refractivity contribution >= 4 is 28.6 Å². The van der Waals surface area contributed by atoms with Crippen LogP contribution in [0.1, 0.15) is 34.3 Å². The highest BCUT2D eigenvalue weighted by Crippen LogP contribution is 2.26. The standard InChI is InChI=1S/C31H28N4O5/c1-3-40-31(38)24-20-23-27(32-25-16-10-11-17-34(25)30(23)37)35(18-19-39-2)28(24)33-29(36)26(21-12-6-4-7-13-21)22-14-8-5-9-15-22/h4-17,20,26H,3,18-19H2,1-2H3. The monoisotopic (exact) mass is 536 g/mol. The maximum atomic E-state index is 14.0. The Morgan fingerprint density at radius 2 is 1.60 bits per heavy atom. The van der Waals surface area contributed by atoms with Crippen LogP contribution < -0.4 is 11.0 Å². The van der Waals surface area contributed by atoms with E-state index < -0.39 is 17.8 Å². The van der Waals surface area contributed by atoms with Crippen molar-refractivity contribution in [3.63, 3.8) is 0 Å². The molecule has 0 fully saturated rings. The van der Waals surface area contributed by atoms with E-state index in [0.717, 1.165) is 11.1 Å². The van der Waals surface area contributed by atoms with Crippen LogP contribution in [0.25, 0.3) is 16.7 Å². The van der Waals surface area contributed by atoms with Crippen LogP contribution in [0.2, 0.25) is 0 Å². The van der Waals surface area contributed by atoms with Crippen molar-refractivity contribution in [2.75, 3.05) is 20.3 Å². The number of amides is 1. The van der Waals surface area contributed by atoms with E-state index >= 15 is 0 Å². The highest BCUT2D eigenvalue weighted by molar-refractivity contribution is 5.94. The van der Waals surface area contributed by atoms with Gasteiger partial charge in [-0.15, -0.1) is 0 Å². The number of rotatable bonds is 8. The second kappa shape index (κ2) is 11.9. The first-order valence-electron chi connectivity index (χ1n) is 12.9. The van der Waals surface area contributed by atoms with Gasteiger partial charge in [0.25, 0.3) is 11.5 Å². The predicted molar refractivity (Wildman–Crippen MR) is 150 cm³/mol. The van der Waals surface area contributed by atoms with Crippen LogP contribution in [0.3, 0.4) is 0 Å². The number of hydrogen-bond acceptors (Lipinski definition) is 6. The highest BCUT2D eigenvalue weighted by Gasteiger charge is 2.25. The lowest BCUT2D eigenvalue weighted by atomic mass is 9.91. The first-order chi connectivity index (χ1) is 19.5. The summed E-state index contributed by atoms with van der Waals surface area (Å²) in [5.41, 5.74) is 1.90. The topological polar surface area (TPSA) is 104 Å². The highest BCUT2D eigenvalue weighted by atomic mass is 16.5. The van der Waals surface area contributed by atoms with Gasteiger partial charge in [-0.2, -0.15) is 4.99 Å². The van der Waals surface area contributed by atoms with Crippen LogP contribution in [0.5, 0.6) is 0 Å². The summed E-state index contributed by atoms with van der Waals surface area (Å²) in [5, 5.41) is 0.192. The number of hydrogen-bond donors (Lipinski definition) is 0. The maximum absolute atomic E-state index is 14.0. The van der Waals surface area contributed by atoms with Gasteiger partial charge in [0.2, 0.25) is 0 Å². The minimum atomic E-state index is -0.723. The zero-order chi connectivity index (χ0) is 28.1. The van der Waals surface area contributed by atoms with Crippen molar-refractivity contribution in [1.29, 1.82) is 0 Å². The van der Waals surface area contributed by atoms with Crippen LogP contribution in [-0.4, -0.2) is 46.2 Å². The molecular formula is C31H28N4O5. The molecule has 202 valence electrons. The Morgan fingerprint density at radius 3 is 2.23 bits per heavy atom. The summed E-state index contributed by atoms with van der Waals surface area (Å²) >= 11 is 0. The number of esters is 1. The Bertz CT molecular complexity index is 1770. The molecule has 0 unspecified atom stereocenters. The van der Waals surface area contributed by atoms with Gasteiger partial charge < -0.3 is 14.0 Å². The van der Waals surface area contributed by atoms with Gasteiger partial charge in [-0.05, 0) is 36.2 Å². The fraction of sp³-hybridized carbons (Fsp3) is 0.194. The number of nitrogens with zero attached hydrogens (tertiary/aromatic N) is 4. The molecule has 3 aromatic heterocycles. The molecule has 0 aliphatic rings. The van der Waals surface area contributed by atoms with Crippen molar-refractivity contribution in [3.8, 4) is 0 Å². The van der Waals surface area contributed by atoms with E-state index in [1.807, 2.05) is 60.7 Å². The van der Waals surface area contributed by atoms with Gasteiger partial charge in [0, 0.05) is 19.9 Å². The average Bonchev–Trinajstić information content (AvgIpc) is 2.98. The van der Waals surface area contributed by atoms with Crippen LogP contribution in [0.15, 0.2) is 101 Å². The molecule has 9 nitrogen and oxygen atoms in total. The predicted octanol–water partition coefficient (Wildman–Crippen LogP) is 3.73. The fourth-order valence-electron chi connectivity index (χ4n) is 4.69. The minimum Gasteiger partial charge on any atom is -0.462 e. The van der Waals surface area contributed by atoms with Crippen LogP contribution in [-0.2, 0) is 20.8 Å². The zero-order valence-corrected chi connectivity index (χ0v) is 22.2. The Kier molecular flexibility index (Phi) is 7.93. The Balaban J connectivity index is 1.84. The number of ether oxygens (including phenoxy) is 2. The lowest BCUT2D eigenvalue weighted by Gasteiger charge is -2.17. The number of carbonyl (C=O) groups excluding carboxylic acids is 2. The SMILES string of the molecule is CCOC(=O)c1cc2c(=O)n3ccccc3nc2n(CCOC)c1=NC(=O)C(c1ccccc1)c1ccccc1. The van der Waals surface area contributed by atoms with Gasteiger partial charge in [-0.3, -0.25) is 14.0 Å². The number of pyridine rings is 2. The Morgan fingerprint density at radius 1 is 0.950 bits per heavy atom. The molecule has 0 aliphatic carbocycles. The van der Waals surface area contributed by atoms with E-state index in [9.17, 15) is 14.4 Å². The summed E-state index contributed by atoms with van der Waals surface area (Å²) in [6, 6.07) is 25.3. The zero-order valence-electron chi connectivity index (χ0n) is 22.2. The lowest BCUT2D eigenvalue weighted by molar-refractivity contribution is -0.118. The molecule has 5 aromatic rings. The largest absolute Gasteiger partial charge is 0.462 e. The van der Waals surface area contributed by atoms with E-state index in [-0.39, 0.29) is 47.4 Å². The van der Waals surface area contributed by atoms with Gasteiger partial charge in [0.1, 0.15) is 16.9 Å². The molecule has 5 rings (SSSR count). The van der Waals surface area contributed by atoms with Gasteiger partial charge >= 0.3 is 5.97 Å². The number of methoxy groups -OCH3 is 1. The smallest absolute Gasteiger partial charge is 0.341 e. The van der Waals surface area contributed by atoms with Gasteiger partial charge in [-0.1, -0.05) is 66.7 Å². The fourth-order valence-corrected chi connectivity index (χ4v) is 4.69. The van der Waals surface area contributed by atoms with E-state index in [4.69, 9.17) is 14.5 Å². The van der Waals surface area contributed by atoms with Crippen molar-refractivity contribution in [2.45, 2.75) is 19.4 Å². The first-order valence-corrected chi connectivity index (χ1v) is 12.9. The summed E-state index contributed by atoms with van der Waals surface area (Å²) in [7, 11) is 1.54. The molecule has 0 bridgehead atoms. The van der Waals surface area contributed by atoms with E-state index in [2.05, 4.69) is 4.99 Å². The Labute approximate surface area is 230 Å². The minimum absolute atomic E-state index is 0.00606. The second-order valence-electron chi connectivity index (χ2n) is 9.03. The van der Waals surface area contributed by atoms with Crippen LogP contribution in [0, 0.1) is 0 Å². The third-order valence-electron chi connectivity index (χ3n) is 6.53. The molecule has 0 saturated carbocycles. The number of carbonyl (C=O) groups is 2. The molecule has 0 saturated heterocycles. The molecule has 0 spiro atoms. The third kappa shape index (κ3) is 5.19. The molecule has 0 N–H and O–H groups in total. The van der Waals surface area contributed by atoms with Gasteiger partial charge in [0.05, 0.1) is 24.5 Å². The molecule has 3 heterocycles. The van der Waals surface area contributed by atoms with E-state index in [1.165, 1.54) is 10.5 Å². The molecule has 0 atom stereocenters. The molecule has 0 radical (unpaired) electrons. The number of fused-ring (bicyclic) bond motifs is 2. The van der Waals surface area contributed by atoms with E-state index in [0.29, 0.717) is 5.65 Å². The second-order valence-corrected chi connectivity index (χ2v) is 9.03. The van der Waals surface area contributed by atoms with Crippen molar-refractivity contribution in [1.82, 2.24) is 14.0 Å². The van der Waals surface area contributed by atoms with Gasteiger partial charge in [0.15, 0.2) is 5.49 Å². The Hall–Kier alpha value is -4.89. The third-order valence-corrected chi connectivity index (χ3v) is 6.53. The molecule has 40 heavy (non-hydrogen) atoms. The average molecular weight is 537 g/mol. The first kappa shape index (κ1) is 26.7. The summed E-state index contributed by atoms with van der Waals surface area (Å²) in [6.07, 6.45) is 1.61. The van der Waals surface area contributed by atoms with Gasteiger partial charge in [-0.25, -0.2) is 9.78 Å². The lowest BCUT2D eigenvalue weighted by Crippen LogP contribution is -2.34. The summed E-state index contributed by atoms with van der Waals surface area (Å²) in [6.45, 7) is 2.20. The summed E-state index contributed by atoms with van der Waals surface area (Å²) < 4.78 is 13.7. The maximum Gasteiger partial charge on any atom is 0.341 e. The number of aromatic nitrogens is 3. The summed E-state index contributed by atoms with van der Waals surface area (Å²) in [5.74, 6) is -1.90. The normalized spacial score (nSPS) is 11.8. The van der Waals surface area contributed by atoms with Crippen LogP contribution in [0.4, 0.5) is 0 Å². The molecule has 9 heteroatoms. The number of benzene rings is 2. The molecule has 1 amide bonds. The van der Waals surface area contributed by atoms with E-state index in [1.54, 1.807) is 43.0 Å². The molecule has 0 aliphatic heterocycles. The molecular weight excluding hydrogens is 508 g/mol. The van der Waals surface area contributed by atoms with Crippen LogP contribution >= 0.6 is 0 Å². The van der Waals surface area contributed by atoms with Crippen molar-refractivity contribution in [2.24, 2.45) is 4.99 Å². The van der Waals surface area contributed by atoms with Crippen molar-refractivity contribution < 1.29 is 19.1 Å². The summed E-state index contributed by atoms with van der Waals surface area (Å²) in [4.78, 5) is 50.0.